The Hall–Kier alpha value is -2.63. The second-order valence-electron chi connectivity index (χ2n) is 6.53. The number of amides is 1. The molecule has 1 amide bonds. The maximum Gasteiger partial charge on any atom is 0.253 e. The summed E-state index contributed by atoms with van der Waals surface area (Å²) in [5, 5.41) is 3.04. The van der Waals surface area contributed by atoms with Crippen LogP contribution in [0.1, 0.15) is 40.0 Å². The van der Waals surface area contributed by atoms with Crippen LogP contribution in [0.3, 0.4) is 0 Å². The van der Waals surface area contributed by atoms with Crippen LogP contribution in [0.2, 0.25) is 0 Å². The van der Waals surface area contributed by atoms with Gasteiger partial charge >= 0.3 is 0 Å². The van der Waals surface area contributed by atoms with E-state index in [0.717, 1.165) is 29.3 Å². The lowest BCUT2D eigenvalue weighted by molar-refractivity contribution is 0.0953. The van der Waals surface area contributed by atoms with Crippen molar-refractivity contribution < 1.29 is 9.21 Å². The molecule has 2 atom stereocenters. The van der Waals surface area contributed by atoms with Gasteiger partial charge in [0.1, 0.15) is 17.1 Å². The minimum absolute atomic E-state index is 0.0892. The monoisotopic (exact) mass is 324 g/mol. The predicted octanol–water partition coefficient (Wildman–Crippen LogP) is 2.71. The van der Waals surface area contributed by atoms with Crippen molar-refractivity contribution in [1.82, 2.24) is 19.9 Å². The molecule has 3 aromatic heterocycles. The highest BCUT2D eigenvalue weighted by atomic mass is 16.3. The number of furan rings is 1. The van der Waals surface area contributed by atoms with Crippen LogP contribution in [0.15, 0.2) is 28.9 Å². The molecule has 1 fully saturated rings. The molecule has 24 heavy (non-hydrogen) atoms. The zero-order chi connectivity index (χ0) is 16.8. The number of rotatable bonds is 4. The van der Waals surface area contributed by atoms with Crippen molar-refractivity contribution in [3.05, 3.63) is 47.3 Å². The average Bonchev–Trinajstić information content (AvgIpc) is 3.00. The van der Waals surface area contributed by atoms with E-state index in [1.54, 1.807) is 12.3 Å². The lowest BCUT2D eigenvalue weighted by Gasteiger charge is -2.06. The van der Waals surface area contributed by atoms with Crippen LogP contribution >= 0.6 is 0 Å². The maximum atomic E-state index is 12.6. The van der Waals surface area contributed by atoms with Gasteiger partial charge < -0.3 is 14.3 Å². The fraction of sp³-hybridized carbons (Fsp3) is 0.389. The standard InChI is InChI=1S/C18H20N4O2/c1-10-7-14(16-17(20-10)22(3)11(2)21-16)18(23)19-9-12-8-13(12)15-5-4-6-24-15/h4-7,12-13H,8-9H2,1-3H3,(H,19,23)/t12-,13+/m0/s1. The van der Waals surface area contributed by atoms with E-state index >= 15 is 0 Å². The predicted molar refractivity (Wildman–Crippen MR) is 89.9 cm³/mol. The lowest BCUT2D eigenvalue weighted by Crippen LogP contribution is -2.26. The number of aromatic nitrogens is 3. The molecule has 1 aliphatic carbocycles. The van der Waals surface area contributed by atoms with Crippen molar-refractivity contribution in [2.45, 2.75) is 26.2 Å². The van der Waals surface area contributed by atoms with E-state index in [2.05, 4.69) is 15.3 Å². The highest BCUT2D eigenvalue weighted by molar-refractivity contribution is 6.04. The van der Waals surface area contributed by atoms with E-state index in [-0.39, 0.29) is 5.91 Å². The van der Waals surface area contributed by atoms with Crippen LogP contribution in [0.5, 0.6) is 0 Å². The number of aryl methyl sites for hydroxylation is 3. The van der Waals surface area contributed by atoms with E-state index in [1.807, 2.05) is 37.6 Å². The number of hydrogen-bond acceptors (Lipinski definition) is 4. The van der Waals surface area contributed by atoms with Crippen molar-refractivity contribution in [1.29, 1.82) is 0 Å². The second-order valence-corrected chi connectivity index (χ2v) is 6.53. The molecule has 3 aromatic rings. The number of carbonyl (C=O) groups excluding carboxylic acids is 1. The van der Waals surface area contributed by atoms with Gasteiger partial charge in [0.2, 0.25) is 0 Å². The summed E-state index contributed by atoms with van der Waals surface area (Å²) in [4.78, 5) is 21.6. The van der Waals surface area contributed by atoms with E-state index in [0.29, 0.717) is 29.5 Å². The SMILES string of the molecule is Cc1cc(C(=O)NC[C@@H]2C[C@H]2c2ccco2)c2nc(C)n(C)c2n1. The normalized spacial score (nSPS) is 19.6. The molecule has 0 spiro atoms. The molecule has 6 heteroatoms. The van der Waals surface area contributed by atoms with Gasteiger partial charge in [0, 0.05) is 25.2 Å². The number of imidazole rings is 1. The third-order valence-electron chi connectivity index (χ3n) is 4.78. The summed E-state index contributed by atoms with van der Waals surface area (Å²) in [6, 6.07) is 5.71. The van der Waals surface area contributed by atoms with Gasteiger partial charge in [-0.2, -0.15) is 0 Å². The minimum Gasteiger partial charge on any atom is -0.469 e. The van der Waals surface area contributed by atoms with Crippen LogP contribution in [-0.4, -0.2) is 27.0 Å². The summed E-state index contributed by atoms with van der Waals surface area (Å²) >= 11 is 0. The first kappa shape index (κ1) is 14.9. The molecule has 1 saturated carbocycles. The lowest BCUT2D eigenvalue weighted by atomic mass is 10.2. The molecule has 0 aromatic carbocycles. The summed E-state index contributed by atoms with van der Waals surface area (Å²) < 4.78 is 7.34. The van der Waals surface area contributed by atoms with Gasteiger partial charge in [0.05, 0.1) is 11.8 Å². The molecule has 0 saturated heterocycles. The molecule has 6 nitrogen and oxygen atoms in total. The molecular formula is C18H20N4O2. The summed E-state index contributed by atoms with van der Waals surface area (Å²) in [5.74, 6) is 2.64. The Labute approximate surface area is 139 Å². The number of fused-ring (bicyclic) bond motifs is 1. The minimum atomic E-state index is -0.0892. The van der Waals surface area contributed by atoms with Crippen molar-refractivity contribution in [2.24, 2.45) is 13.0 Å². The highest BCUT2D eigenvalue weighted by Gasteiger charge is 2.40. The third kappa shape index (κ3) is 2.48. The molecule has 1 N–H and O–H groups in total. The first-order valence-corrected chi connectivity index (χ1v) is 8.17. The maximum absolute atomic E-state index is 12.6. The average molecular weight is 324 g/mol. The van der Waals surface area contributed by atoms with E-state index < -0.39 is 0 Å². The summed E-state index contributed by atoms with van der Waals surface area (Å²) in [7, 11) is 1.91. The fourth-order valence-electron chi connectivity index (χ4n) is 3.20. The van der Waals surface area contributed by atoms with E-state index in [1.165, 1.54) is 0 Å². The van der Waals surface area contributed by atoms with Gasteiger partial charge in [-0.05, 0) is 44.4 Å². The van der Waals surface area contributed by atoms with E-state index in [9.17, 15) is 4.79 Å². The molecule has 4 rings (SSSR count). The van der Waals surface area contributed by atoms with Crippen LogP contribution in [0.25, 0.3) is 11.2 Å². The van der Waals surface area contributed by atoms with Gasteiger partial charge in [-0.15, -0.1) is 0 Å². The number of hydrogen-bond donors (Lipinski definition) is 1. The Bertz CT molecular complexity index is 911. The Morgan fingerprint density at radius 1 is 1.42 bits per heavy atom. The van der Waals surface area contributed by atoms with Crippen LogP contribution in [0.4, 0.5) is 0 Å². The number of carbonyl (C=O) groups is 1. The first-order valence-electron chi connectivity index (χ1n) is 8.17. The first-order chi connectivity index (χ1) is 11.5. The third-order valence-corrected chi connectivity index (χ3v) is 4.78. The largest absolute Gasteiger partial charge is 0.469 e. The Balaban J connectivity index is 1.51. The highest BCUT2D eigenvalue weighted by Crippen LogP contribution is 2.47. The number of nitrogens with zero attached hydrogens (tertiary/aromatic N) is 3. The smallest absolute Gasteiger partial charge is 0.253 e. The summed E-state index contributed by atoms with van der Waals surface area (Å²) in [5.41, 5.74) is 2.82. The van der Waals surface area contributed by atoms with E-state index in [4.69, 9.17) is 4.42 Å². The molecule has 124 valence electrons. The van der Waals surface area contributed by atoms with Gasteiger partial charge in [-0.25, -0.2) is 9.97 Å². The van der Waals surface area contributed by atoms with Gasteiger partial charge in [-0.3, -0.25) is 4.79 Å². The Kier molecular flexibility index (Phi) is 3.40. The summed E-state index contributed by atoms with van der Waals surface area (Å²) in [6.45, 7) is 4.46. The number of pyridine rings is 1. The zero-order valence-electron chi connectivity index (χ0n) is 14.0. The van der Waals surface area contributed by atoms with Crippen LogP contribution in [-0.2, 0) is 7.05 Å². The molecule has 0 bridgehead atoms. The molecule has 3 heterocycles. The van der Waals surface area contributed by atoms with Gasteiger partial charge in [0.15, 0.2) is 5.65 Å². The molecule has 0 aliphatic heterocycles. The molecule has 1 aliphatic rings. The van der Waals surface area contributed by atoms with Crippen LogP contribution in [0, 0.1) is 19.8 Å². The topological polar surface area (TPSA) is 73.0 Å². The molecule has 0 unspecified atom stereocenters. The Morgan fingerprint density at radius 2 is 2.25 bits per heavy atom. The molecular weight excluding hydrogens is 304 g/mol. The molecule has 0 radical (unpaired) electrons. The van der Waals surface area contributed by atoms with Crippen molar-refractivity contribution >= 4 is 17.1 Å². The van der Waals surface area contributed by atoms with Crippen molar-refractivity contribution in [3.8, 4) is 0 Å². The number of nitrogens with one attached hydrogen (secondary N) is 1. The van der Waals surface area contributed by atoms with Gasteiger partial charge in [-0.1, -0.05) is 0 Å². The van der Waals surface area contributed by atoms with Gasteiger partial charge in [0.25, 0.3) is 5.91 Å². The van der Waals surface area contributed by atoms with Crippen molar-refractivity contribution in [3.63, 3.8) is 0 Å². The zero-order valence-corrected chi connectivity index (χ0v) is 14.0. The summed E-state index contributed by atoms with van der Waals surface area (Å²) in [6.07, 6.45) is 2.75. The van der Waals surface area contributed by atoms with Crippen LogP contribution < -0.4 is 5.32 Å². The van der Waals surface area contributed by atoms with Crippen molar-refractivity contribution in [2.75, 3.05) is 6.54 Å². The quantitative estimate of drug-likeness (QED) is 0.801. The Morgan fingerprint density at radius 3 is 3.00 bits per heavy atom. The fourth-order valence-corrected chi connectivity index (χ4v) is 3.20. The second kappa shape index (κ2) is 5.47.